The highest BCUT2D eigenvalue weighted by atomic mass is 16.5. The molecule has 0 fully saturated rings. The molecule has 3 nitrogen and oxygen atoms in total. The number of carbonyl (C=O) groups excluding carboxylic acids is 2. The summed E-state index contributed by atoms with van der Waals surface area (Å²) in [5.74, 6) is -0.333. The third-order valence-electron chi connectivity index (χ3n) is 2.45. The highest BCUT2D eigenvalue weighted by Gasteiger charge is 2.12. The van der Waals surface area contributed by atoms with Crippen molar-refractivity contribution in [1.82, 2.24) is 0 Å². The Bertz CT molecular complexity index is 524. The van der Waals surface area contributed by atoms with Gasteiger partial charge in [0.05, 0.1) is 6.61 Å². The number of hydrogen-bond donors (Lipinski definition) is 0. The Balaban J connectivity index is 2.16. The molecule has 86 valence electrons. The maximum absolute atomic E-state index is 11.3. The van der Waals surface area contributed by atoms with Crippen molar-refractivity contribution in [2.24, 2.45) is 0 Å². The Hall–Kier alpha value is -2.16. The zero-order chi connectivity index (χ0) is 12.3. The first-order valence-corrected chi connectivity index (χ1v) is 5.42. The minimum atomic E-state index is -0.361. The van der Waals surface area contributed by atoms with E-state index in [9.17, 15) is 9.59 Å². The maximum Gasteiger partial charge on any atom is 0.330 e. The smallest absolute Gasteiger partial charge is 0.330 e. The van der Waals surface area contributed by atoms with Gasteiger partial charge in [-0.25, -0.2) is 4.79 Å². The van der Waals surface area contributed by atoms with Crippen LogP contribution < -0.4 is 0 Å². The van der Waals surface area contributed by atoms with Crippen molar-refractivity contribution in [3.63, 3.8) is 0 Å². The van der Waals surface area contributed by atoms with Gasteiger partial charge >= 0.3 is 5.97 Å². The van der Waals surface area contributed by atoms with Crippen LogP contribution in [0.25, 0.3) is 12.2 Å². The highest BCUT2D eigenvalue weighted by molar-refractivity contribution is 6.13. The minimum absolute atomic E-state index is 0.0286. The lowest BCUT2D eigenvalue weighted by atomic mass is 10.1. The molecule has 0 atom stereocenters. The van der Waals surface area contributed by atoms with E-state index in [1.165, 1.54) is 6.08 Å². The zero-order valence-corrected chi connectivity index (χ0v) is 9.47. The fourth-order valence-electron chi connectivity index (χ4n) is 1.66. The van der Waals surface area contributed by atoms with Crippen molar-refractivity contribution in [3.8, 4) is 0 Å². The molecule has 0 radical (unpaired) electrons. The monoisotopic (exact) mass is 228 g/mol. The molecule has 0 heterocycles. The molecule has 0 aromatic heterocycles. The van der Waals surface area contributed by atoms with Crippen molar-refractivity contribution < 1.29 is 14.3 Å². The number of allylic oxidation sites excluding steroid dienone is 1. The van der Waals surface area contributed by atoms with Gasteiger partial charge in [0.1, 0.15) is 0 Å². The number of benzene rings is 1. The summed E-state index contributed by atoms with van der Waals surface area (Å²) in [6.45, 7) is 2.13. The Morgan fingerprint density at radius 1 is 1.35 bits per heavy atom. The van der Waals surface area contributed by atoms with Crippen LogP contribution in [0.15, 0.2) is 30.4 Å². The number of hydrogen-bond acceptors (Lipinski definition) is 3. The van der Waals surface area contributed by atoms with Gasteiger partial charge in [-0.1, -0.05) is 12.1 Å². The van der Waals surface area contributed by atoms with E-state index < -0.39 is 0 Å². The molecule has 0 bridgehead atoms. The van der Waals surface area contributed by atoms with Crippen LogP contribution in [0.2, 0.25) is 0 Å². The second-order valence-corrected chi connectivity index (χ2v) is 3.63. The lowest BCUT2D eigenvalue weighted by Gasteiger charge is -1.99. The lowest BCUT2D eigenvalue weighted by molar-refractivity contribution is -0.137. The first kappa shape index (κ1) is 11.3. The van der Waals surface area contributed by atoms with Gasteiger partial charge in [-0.3, -0.25) is 4.79 Å². The predicted molar refractivity (Wildman–Crippen MR) is 65.5 cm³/mol. The van der Waals surface area contributed by atoms with Gasteiger partial charge < -0.3 is 4.74 Å². The Labute approximate surface area is 99.4 Å². The number of ketones is 1. The summed E-state index contributed by atoms with van der Waals surface area (Å²) in [7, 11) is 0. The van der Waals surface area contributed by atoms with Gasteiger partial charge in [0.25, 0.3) is 0 Å². The van der Waals surface area contributed by atoms with Gasteiger partial charge in [-0.05, 0) is 42.3 Å². The summed E-state index contributed by atoms with van der Waals surface area (Å²) >= 11 is 0. The summed E-state index contributed by atoms with van der Waals surface area (Å²) in [6.07, 6.45) is 6.38. The highest BCUT2D eigenvalue weighted by Crippen LogP contribution is 2.21. The first-order valence-electron chi connectivity index (χ1n) is 5.42. The standard InChI is InChI=1S/C14H12O3/c1-2-17-14(16)8-4-10-3-6-12-11(9-10)5-7-13(12)15/h3-9H,2H2,1H3. The molecule has 0 saturated carbocycles. The van der Waals surface area contributed by atoms with Gasteiger partial charge in [0.2, 0.25) is 0 Å². The molecule has 0 aliphatic heterocycles. The van der Waals surface area contributed by atoms with Gasteiger partial charge in [0.15, 0.2) is 5.78 Å². The van der Waals surface area contributed by atoms with Crippen molar-refractivity contribution >= 4 is 23.9 Å². The second-order valence-electron chi connectivity index (χ2n) is 3.63. The van der Waals surface area contributed by atoms with Crippen molar-refractivity contribution in [1.29, 1.82) is 0 Å². The summed E-state index contributed by atoms with van der Waals surface area (Å²) in [5, 5.41) is 0. The molecule has 17 heavy (non-hydrogen) atoms. The van der Waals surface area contributed by atoms with Crippen molar-refractivity contribution in [2.75, 3.05) is 6.61 Å². The third kappa shape index (κ3) is 2.50. The van der Waals surface area contributed by atoms with Gasteiger partial charge in [-0.15, -0.1) is 0 Å². The topological polar surface area (TPSA) is 43.4 Å². The zero-order valence-electron chi connectivity index (χ0n) is 9.47. The van der Waals surface area contributed by atoms with Crippen LogP contribution >= 0.6 is 0 Å². The number of esters is 1. The molecule has 0 spiro atoms. The van der Waals surface area contributed by atoms with Crippen LogP contribution in [0.5, 0.6) is 0 Å². The molecule has 1 aromatic carbocycles. The number of carbonyl (C=O) groups is 2. The molecule has 3 heteroatoms. The van der Waals surface area contributed by atoms with Crippen LogP contribution in [0.1, 0.15) is 28.4 Å². The number of ether oxygens (including phenoxy) is 1. The maximum atomic E-state index is 11.3. The first-order chi connectivity index (χ1) is 8.20. The van der Waals surface area contributed by atoms with Crippen LogP contribution in [0.4, 0.5) is 0 Å². The van der Waals surface area contributed by atoms with Gasteiger partial charge in [-0.2, -0.15) is 0 Å². The van der Waals surface area contributed by atoms with E-state index >= 15 is 0 Å². The molecule has 0 N–H and O–H groups in total. The Morgan fingerprint density at radius 3 is 2.94 bits per heavy atom. The molecule has 0 amide bonds. The minimum Gasteiger partial charge on any atom is -0.463 e. The number of rotatable bonds is 3. The molecule has 0 saturated heterocycles. The van der Waals surface area contributed by atoms with E-state index in [-0.39, 0.29) is 11.8 Å². The fraction of sp³-hybridized carbons (Fsp3) is 0.143. The summed E-state index contributed by atoms with van der Waals surface area (Å²) in [4.78, 5) is 22.5. The lowest BCUT2D eigenvalue weighted by Crippen LogP contribution is -1.98. The summed E-state index contributed by atoms with van der Waals surface area (Å²) < 4.78 is 4.78. The van der Waals surface area contributed by atoms with E-state index in [0.29, 0.717) is 12.2 Å². The van der Waals surface area contributed by atoms with Crippen molar-refractivity contribution in [2.45, 2.75) is 6.92 Å². The van der Waals surface area contributed by atoms with E-state index in [0.717, 1.165) is 11.1 Å². The summed E-state index contributed by atoms with van der Waals surface area (Å²) in [5.41, 5.74) is 2.47. The van der Waals surface area contributed by atoms with Crippen LogP contribution in [-0.2, 0) is 9.53 Å². The van der Waals surface area contributed by atoms with E-state index in [4.69, 9.17) is 4.74 Å². The van der Waals surface area contributed by atoms with Gasteiger partial charge in [0, 0.05) is 11.6 Å². The number of fused-ring (bicyclic) bond motifs is 1. The normalized spacial score (nSPS) is 13.1. The fourth-order valence-corrected chi connectivity index (χ4v) is 1.66. The second kappa shape index (κ2) is 4.78. The molecule has 1 aliphatic carbocycles. The largest absolute Gasteiger partial charge is 0.463 e. The molecular formula is C14H12O3. The molecule has 0 unspecified atom stereocenters. The quantitative estimate of drug-likeness (QED) is 0.589. The Kier molecular flexibility index (Phi) is 3.19. The van der Waals surface area contributed by atoms with Crippen LogP contribution in [0.3, 0.4) is 0 Å². The average Bonchev–Trinajstić information content (AvgIpc) is 2.69. The summed E-state index contributed by atoms with van der Waals surface area (Å²) in [6, 6.07) is 5.44. The van der Waals surface area contributed by atoms with Crippen molar-refractivity contribution in [3.05, 3.63) is 47.0 Å². The third-order valence-corrected chi connectivity index (χ3v) is 2.45. The average molecular weight is 228 g/mol. The molecular weight excluding hydrogens is 216 g/mol. The van der Waals surface area contributed by atoms with Crippen LogP contribution in [0, 0.1) is 0 Å². The predicted octanol–water partition coefficient (Wildman–Crippen LogP) is 2.47. The van der Waals surface area contributed by atoms with Crippen LogP contribution in [-0.4, -0.2) is 18.4 Å². The van der Waals surface area contributed by atoms with E-state index in [1.807, 2.05) is 6.07 Å². The molecule has 1 aliphatic rings. The SMILES string of the molecule is CCOC(=O)C=Cc1ccc2c(c1)C=CC2=O. The van der Waals surface area contributed by atoms with E-state index in [2.05, 4.69) is 0 Å². The molecule has 1 aromatic rings. The van der Waals surface area contributed by atoms with E-state index in [1.54, 1.807) is 37.3 Å². The molecule has 2 rings (SSSR count). The Morgan fingerprint density at radius 2 is 2.18 bits per heavy atom.